The number of carbonyl (C=O) groups is 1. The van der Waals surface area contributed by atoms with Crippen LogP contribution < -0.4 is 0 Å². The second kappa shape index (κ2) is 7.81. The van der Waals surface area contributed by atoms with Gasteiger partial charge in [-0.25, -0.2) is 0 Å². The van der Waals surface area contributed by atoms with Crippen LogP contribution in [0.4, 0.5) is 13.2 Å². The maximum absolute atomic E-state index is 12.6. The Balaban J connectivity index is 1.66. The number of hydrogen-bond donors (Lipinski definition) is 1. The topological polar surface area (TPSA) is 79.5 Å². The first-order valence-electron chi connectivity index (χ1n) is 8.22. The summed E-state index contributed by atoms with van der Waals surface area (Å²) in [6.45, 7) is 0.0363. The lowest BCUT2D eigenvalue weighted by atomic mass is 10.1. The maximum atomic E-state index is 12.6. The maximum Gasteiger partial charge on any atom is 0.416 e. The van der Waals surface area contributed by atoms with Gasteiger partial charge in [-0.15, -0.1) is 0 Å². The summed E-state index contributed by atoms with van der Waals surface area (Å²) in [4.78, 5) is 17.5. The summed E-state index contributed by atoms with van der Waals surface area (Å²) >= 11 is 0. The zero-order valence-electron chi connectivity index (χ0n) is 14.7. The minimum Gasteiger partial charge on any atom is -0.378 e. The van der Waals surface area contributed by atoms with Crippen LogP contribution in [0.15, 0.2) is 59.4 Å². The predicted octanol–water partition coefficient (Wildman–Crippen LogP) is 3.45. The van der Waals surface area contributed by atoms with Crippen molar-refractivity contribution in [2.75, 3.05) is 7.05 Å². The molecule has 1 amide bonds. The van der Waals surface area contributed by atoms with Crippen LogP contribution >= 0.6 is 0 Å². The summed E-state index contributed by atoms with van der Waals surface area (Å²) in [6, 6.07) is 8.97. The van der Waals surface area contributed by atoms with Crippen LogP contribution in [0.25, 0.3) is 11.3 Å². The van der Waals surface area contributed by atoms with Gasteiger partial charge in [0.15, 0.2) is 11.9 Å². The van der Waals surface area contributed by atoms with Gasteiger partial charge in [0.05, 0.1) is 12.1 Å². The molecule has 146 valence electrons. The molecule has 0 aliphatic heterocycles. The zero-order valence-corrected chi connectivity index (χ0v) is 14.7. The van der Waals surface area contributed by atoms with Gasteiger partial charge in [0.25, 0.3) is 5.91 Å². The van der Waals surface area contributed by atoms with E-state index in [1.165, 1.54) is 11.9 Å². The summed E-state index contributed by atoms with van der Waals surface area (Å²) in [5, 5.41) is 14.1. The second-order valence-electron chi connectivity index (χ2n) is 6.13. The van der Waals surface area contributed by atoms with Crippen LogP contribution in [-0.4, -0.2) is 33.1 Å². The van der Waals surface area contributed by atoms with Crippen molar-refractivity contribution in [3.8, 4) is 11.3 Å². The van der Waals surface area contributed by atoms with Crippen molar-refractivity contribution in [2.24, 2.45) is 0 Å². The first-order chi connectivity index (χ1) is 13.3. The van der Waals surface area contributed by atoms with E-state index in [1.54, 1.807) is 30.6 Å². The molecular weight excluding hydrogens is 375 g/mol. The number of hydrogen-bond acceptors (Lipinski definition) is 5. The Labute approximate surface area is 158 Å². The van der Waals surface area contributed by atoms with Gasteiger partial charge in [-0.2, -0.15) is 13.2 Å². The highest BCUT2D eigenvalue weighted by Crippen LogP contribution is 2.30. The minimum atomic E-state index is -4.48. The van der Waals surface area contributed by atoms with Crippen molar-refractivity contribution in [1.82, 2.24) is 15.0 Å². The Morgan fingerprint density at radius 2 is 1.82 bits per heavy atom. The molecule has 0 aliphatic rings. The molecule has 2 aromatic heterocycles. The van der Waals surface area contributed by atoms with E-state index in [9.17, 15) is 23.1 Å². The first kappa shape index (κ1) is 19.6. The van der Waals surface area contributed by atoms with Crippen molar-refractivity contribution in [3.63, 3.8) is 0 Å². The zero-order chi connectivity index (χ0) is 20.3. The second-order valence-corrected chi connectivity index (χ2v) is 6.13. The van der Waals surface area contributed by atoms with Gasteiger partial charge in [0.2, 0.25) is 0 Å². The number of aromatic nitrogens is 2. The Hall–Kier alpha value is -3.20. The number of amides is 1. The van der Waals surface area contributed by atoms with E-state index in [-0.39, 0.29) is 12.1 Å². The monoisotopic (exact) mass is 391 g/mol. The molecule has 1 atom stereocenters. The number of nitrogens with zero attached hydrogens (tertiary/aromatic N) is 3. The molecule has 0 saturated carbocycles. The van der Waals surface area contributed by atoms with E-state index in [1.807, 2.05) is 0 Å². The van der Waals surface area contributed by atoms with Gasteiger partial charge >= 0.3 is 6.18 Å². The molecule has 28 heavy (non-hydrogen) atoms. The van der Waals surface area contributed by atoms with E-state index >= 15 is 0 Å². The Morgan fingerprint density at radius 1 is 1.18 bits per heavy atom. The number of benzene rings is 1. The SMILES string of the molecule is CN(Cc1cc(-c2ccncc2)no1)C(=O)C(O)c1ccc(C(F)(F)F)cc1. The van der Waals surface area contributed by atoms with Gasteiger partial charge < -0.3 is 14.5 Å². The molecule has 0 aliphatic carbocycles. The normalized spacial score (nSPS) is 12.6. The number of halogens is 3. The molecule has 2 heterocycles. The third kappa shape index (κ3) is 4.37. The van der Waals surface area contributed by atoms with Gasteiger partial charge in [-0.1, -0.05) is 17.3 Å². The van der Waals surface area contributed by atoms with Crippen LogP contribution in [0.3, 0.4) is 0 Å². The number of aliphatic hydroxyl groups excluding tert-OH is 1. The van der Waals surface area contributed by atoms with Crippen molar-refractivity contribution >= 4 is 5.91 Å². The van der Waals surface area contributed by atoms with Crippen LogP contribution in [0.1, 0.15) is 23.0 Å². The van der Waals surface area contributed by atoms with E-state index in [2.05, 4.69) is 10.1 Å². The standard InChI is InChI=1S/C19H16F3N3O3/c1-25(11-15-10-16(24-28-15)12-6-8-23-9-7-12)18(27)17(26)13-2-4-14(5-3-13)19(20,21)22/h2-10,17,26H,11H2,1H3. The van der Waals surface area contributed by atoms with E-state index in [0.29, 0.717) is 11.5 Å². The number of alkyl halides is 3. The van der Waals surface area contributed by atoms with Crippen molar-refractivity contribution in [1.29, 1.82) is 0 Å². The van der Waals surface area contributed by atoms with Gasteiger partial charge in [-0.3, -0.25) is 9.78 Å². The highest BCUT2D eigenvalue weighted by molar-refractivity contribution is 5.81. The average molecular weight is 391 g/mol. The molecule has 0 bridgehead atoms. The van der Waals surface area contributed by atoms with Crippen molar-refractivity contribution in [2.45, 2.75) is 18.8 Å². The van der Waals surface area contributed by atoms with Crippen molar-refractivity contribution < 1.29 is 27.6 Å². The molecule has 0 radical (unpaired) electrons. The molecule has 1 aromatic carbocycles. The summed E-state index contributed by atoms with van der Waals surface area (Å²) in [7, 11) is 1.45. The fourth-order valence-electron chi connectivity index (χ4n) is 2.56. The Kier molecular flexibility index (Phi) is 5.46. The number of likely N-dealkylation sites (N-methyl/N-ethyl adjacent to an activating group) is 1. The molecule has 1 unspecified atom stereocenters. The lowest BCUT2D eigenvalue weighted by molar-refractivity contribution is -0.140. The minimum absolute atomic E-state index is 0.0363. The van der Waals surface area contributed by atoms with Crippen LogP contribution in [0, 0.1) is 0 Å². The quantitative estimate of drug-likeness (QED) is 0.721. The molecular formula is C19H16F3N3O3. The van der Waals surface area contributed by atoms with Crippen LogP contribution in [-0.2, 0) is 17.5 Å². The summed E-state index contributed by atoms with van der Waals surface area (Å²) < 4.78 is 43.1. The molecule has 0 saturated heterocycles. The summed E-state index contributed by atoms with van der Waals surface area (Å²) in [5.74, 6) is -0.288. The summed E-state index contributed by atoms with van der Waals surface area (Å²) in [5.41, 5.74) is 0.583. The molecule has 1 N–H and O–H groups in total. The predicted molar refractivity (Wildman–Crippen MR) is 92.6 cm³/mol. The van der Waals surface area contributed by atoms with Crippen LogP contribution in [0.2, 0.25) is 0 Å². The van der Waals surface area contributed by atoms with Gasteiger partial charge in [0, 0.05) is 31.1 Å². The first-order valence-corrected chi connectivity index (χ1v) is 8.22. The average Bonchev–Trinajstić information content (AvgIpc) is 3.15. The van der Waals surface area contributed by atoms with E-state index in [4.69, 9.17) is 4.52 Å². The summed E-state index contributed by atoms with van der Waals surface area (Å²) in [6.07, 6.45) is -2.85. The lowest BCUT2D eigenvalue weighted by Crippen LogP contribution is -2.31. The van der Waals surface area contributed by atoms with Gasteiger partial charge in [-0.05, 0) is 29.8 Å². The Morgan fingerprint density at radius 3 is 2.43 bits per heavy atom. The largest absolute Gasteiger partial charge is 0.416 e. The Bertz CT molecular complexity index is 940. The third-order valence-electron chi connectivity index (χ3n) is 4.09. The molecule has 3 rings (SSSR count). The highest BCUT2D eigenvalue weighted by Gasteiger charge is 2.31. The van der Waals surface area contributed by atoms with E-state index < -0.39 is 23.8 Å². The molecule has 9 heteroatoms. The van der Waals surface area contributed by atoms with E-state index in [0.717, 1.165) is 29.8 Å². The molecule has 3 aromatic rings. The molecule has 6 nitrogen and oxygen atoms in total. The number of rotatable bonds is 5. The highest BCUT2D eigenvalue weighted by atomic mass is 19.4. The fraction of sp³-hybridized carbons (Fsp3) is 0.211. The number of carbonyl (C=O) groups excluding carboxylic acids is 1. The lowest BCUT2D eigenvalue weighted by Gasteiger charge is -2.20. The molecule has 0 fully saturated rings. The van der Waals surface area contributed by atoms with Crippen molar-refractivity contribution in [3.05, 3.63) is 71.7 Å². The third-order valence-corrected chi connectivity index (χ3v) is 4.09. The number of aliphatic hydroxyl groups is 1. The number of pyridine rings is 1. The molecule has 0 spiro atoms. The van der Waals surface area contributed by atoms with Crippen LogP contribution in [0.5, 0.6) is 0 Å². The smallest absolute Gasteiger partial charge is 0.378 e. The van der Waals surface area contributed by atoms with Gasteiger partial charge in [0.1, 0.15) is 5.69 Å². The fourth-order valence-corrected chi connectivity index (χ4v) is 2.56.